The number of hydrogen-bond donors (Lipinski definition) is 3. The summed E-state index contributed by atoms with van der Waals surface area (Å²) in [6, 6.07) is 3.66. The van der Waals surface area contributed by atoms with Crippen LogP contribution in [0.5, 0.6) is 11.5 Å². The maximum Gasteiger partial charge on any atom is 0.254 e. The van der Waals surface area contributed by atoms with E-state index in [1.807, 2.05) is 0 Å². The first-order chi connectivity index (χ1) is 7.41. The molecule has 2 amide bonds. The van der Waals surface area contributed by atoms with Gasteiger partial charge in [0.05, 0.1) is 6.54 Å². The van der Waals surface area contributed by atoms with Gasteiger partial charge in [-0.05, 0) is 18.2 Å². The highest BCUT2D eigenvalue weighted by atomic mass is 16.3. The van der Waals surface area contributed by atoms with Crippen molar-refractivity contribution in [1.29, 1.82) is 0 Å². The van der Waals surface area contributed by atoms with Gasteiger partial charge in [0.1, 0.15) is 0 Å². The Morgan fingerprint density at radius 2 is 1.94 bits per heavy atom. The number of rotatable bonds is 3. The van der Waals surface area contributed by atoms with Gasteiger partial charge in [0.2, 0.25) is 5.91 Å². The smallest absolute Gasteiger partial charge is 0.254 e. The SMILES string of the molecule is CN(CC(N)=O)C(=O)c1ccc(O)c(O)c1. The van der Waals surface area contributed by atoms with Crippen LogP contribution in [-0.2, 0) is 4.79 Å². The standard InChI is InChI=1S/C10H12N2O4/c1-12(5-9(11)15)10(16)6-2-3-7(13)8(14)4-6/h2-4,13-14H,5H2,1H3,(H2,11,15). The fourth-order valence-corrected chi connectivity index (χ4v) is 1.18. The largest absolute Gasteiger partial charge is 0.504 e. The number of carbonyl (C=O) groups excluding carboxylic acids is 2. The van der Waals surface area contributed by atoms with Crippen LogP contribution in [-0.4, -0.2) is 40.5 Å². The highest BCUT2D eigenvalue weighted by Gasteiger charge is 2.14. The number of benzene rings is 1. The van der Waals surface area contributed by atoms with Crippen molar-refractivity contribution in [1.82, 2.24) is 4.90 Å². The Hall–Kier alpha value is -2.24. The maximum absolute atomic E-state index is 11.7. The lowest BCUT2D eigenvalue weighted by atomic mass is 10.2. The third-order valence-electron chi connectivity index (χ3n) is 1.96. The van der Waals surface area contributed by atoms with Crippen LogP contribution < -0.4 is 5.73 Å². The normalized spacial score (nSPS) is 9.81. The summed E-state index contributed by atoms with van der Waals surface area (Å²) in [7, 11) is 1.41. The molecule has 0 bridgehead atoms. The van der Waals surface area contributed by atoms with Crippen LogP contribution in [0.15, 0.2) is 18.2 Å². The molecule has 1 aromatic rings. The van der Waals surface area contributed by atoms with Gasteiger partial charge in [-0.25, -0.2) is 0 Å². The van der Waals surface area contributed by atoms with Gasteiger partial charge in [-0.1, -0.05) is 0 Å². The van der Waals surface area contributed by atoms with Gasteiger partial charge < -0.3 is 20.8 Å². The molecule has 1 rings (SSSR count). The van der Waals surface area contributed by atoms with Crippen molar-refractivity contribution >= 4 is 11.8 Å². The third kappa shape index (κ3) is 2.63. The molecular weight excluding hydrogens is 212 g/mol. The van der Waals surface area contributed by atoms with Crippen LogP contribution in [0.3, 0.4) is 0 Å². The molecule has 0 saturated heterocycles. The second-order valence-corrected chi connectivity index (χ2v) is 3.33. The average molecular weight is 224 g/mol. The van der Waals surface area contributed by atoms with Crippen molar-refractivity contribution in [2.45, 2.75) is 0 Å². The van der Waals surface area contributed by atoms with Crippen molar-refractivity contribution in [2.75, 3.05) is 13.6 Å². The number of nitrogens with zero attached hydrogens (tertiary/aromatic N) is 1. The summed E-state index contributed by atoms with van der Waals surface area (Å²) in [4.78, 5) is 23.4. The Morgan fingerprint density at radius 3 is 2.44 bits per heavy atom. The monoisotopic (exact) mass is 224 g/mol. The number of primary amides is 1. The van der Waals surface area contributed by atoms with Crippen LogP contribution >= 0.6 is 0 Å². The molecular formula is C10H12N2O4. The lowest BCUT2D eigenvalue weighted by Crippen LogP contribution is -2.35. The number of likely N-dealkylation sites (N-methyl/N-ethyl adjacent to an activating group) is 1. The number of carbonyl (C=O) groups is 2. The molecule has 6 nitrogen and oxygen atoms in total. The topological polar surface area (TPSA) is 104 Å². The van der Waals surface area contributed by atoms with Crippen LogP contribution in [0, 0.1) is 0 Å². The average Bonchev–Trinajstić information content (AvgIpc) is 2.20. The molecule has 0 aliphatic carbocycles. The van der Waals surface area contributed by atoms with Crippen molar-refractivity contribution < 1.29 is 19.8 Å². The van der Waals surface area contributed by atoms with E-state index in [4.69, 9.17) is 10.8 Å². The number of nitrogens with two attached hydrogens (primary N) is 1. The lowest BCUT2D eigenvalue weighted by Gasteiger charge is -2.15. The minimum Gasteiger partial charge on any atom is -0.504 e. The summed E-state index contributed by atoms with van der Waals surface area (Å²) in [5.41, 5.74) is 5.11. The number of phenolic OH excluding ortho intramolecular Hbond substituents is 2. The molecule has 0 aliphatic rings. The zero-order valence-corrected chi connectivity index (χ0v) is 8.67. The van der Waals surface area contributed by atoms with Gasteiger partial charge in [-0.2, -0.15) is 0 Å². The minimum absolute atomic E-state index is 0.166. The predicted octanol–water partition coefficient (Wildman–Crippen LogP) is -0.345. The number of aromatic hydroxyl groups is 2. The van der Waals surface area contributed by atoms with E-state index in [2.05, 4.69) is 0 Å². The van der Waals surface area contributed by atoms with Crippen LogP contribution in [0.4, 0.5) is 0 Å². The Balaban J connectivity index is 2.88. The Kier molecular flexibility index (Phi) is 3.34. The van der Waals surface area contributed by atoms with E-state index in [9.17, 15) is 14.7 Å². The van der Waals surface area contributed by atoms with Gasteiger partial charge in [0.15, 0.2) is 11.5 Å². The summed E-state index contributed by atoms with van der Waals surface area (Å²) in [6.07, 6.45) is 0. The molecule has 0 heterocycles. The van der Waals surface area contributed by atoms with Crippen LogP contribution in [0.1, 0.15) is 10.4 Å². The Morgan fingerprint density at radius 1 is 1.31 bits per heavy atom. The van der Waals surface area contributed by atoms with Gasteiger partial charge in [0, 0.05) is 12.6 Å². The molecule has 0 spiro atoms. The summed E-state index contributed by atoms with van der Waals surface area (Å²) in [6.45, 7) is -0.208. The number of hydrogen-bond acceptors (Lipinski definition) is 4. The zero-order chi connectivity index (χ0) is 12.3. The molecule has 4 N–H and O–H groups in total. The lowest BCUT2D eigenvalue weighted by molar-refractivity contribution is -0.118. The molecule has 0 radical (unpaired) electrons. The molecule has 0 aromatic heterocycles. The summed E-state index contributed by atoms with van der Waals surface area (Å²) in [5.74, 6) is -1.79. The maximum atomic E-state index is 11.7. The zero-order valence-electron chi connectivity index (χ0n) is 8.67. The summed E-state index contributed by atoms with van der Waals surface area (Å²) >= 11 is 0. The van der Waals surface area contributed by atoms with Gasteiger partial charge >= 0.3 is 0 Å². The van der Waals surface area contributed by atoms with Gasteiger partial charge in [-0.15, -0.1) is 0 Å². The van der Waals surface area contributed by atoms with E-state index >= 15 is 0 Å². The molecule has 86 valence electrons. The van der Waals surface area contributed by atoms with E-state index in [0.717, 1.165) is 11.0 Å². The predicted molar refractivity (Wildman–Crippen MR) is 55.9 cm³/mol. The molecule has 0 atom stereocenters. The summed E-state index contributed by atoms with van der Waals surface area (Å²) < 4.78 is 0. The second kappa shape index (κ2) is 4.52. The summed E-state index contributed by atoms with van der Waals surface area (Å²) in [5, 5.41) is 18.3. The third-order valence-corrected chi connectivity index (χ3v) is 1.96. The molecule has 0 saturated carbocycles. The van der Waals surface area contributed by atoms with Crippen molar-refractivity contribution in [3.8, 4) is 11.5 Å². The number of phenols is 2. The first-order valence-electron chi connectivity index (χ1n) is 4.47. The molecule has 0 unspecified atom stereocenters. The quantitative estimate of drug-likeness (QED) is 0.610. The second-order valence-electron chi connectivity index (χ2n) is 3.33. The van der Waals surface area contributed by atoms with Crippen LogP contribution in [0.2, 0.25) is 0 Å². The molecule has 1 aromatic carbocycles. The van der Waals surface area contributed by atoms with Crippen molar-refractivity contribution in [2.24, 2.45) is 5.73 Å². The molecule has 6 heteroatoms. The number of amides is 2. The van der Waals surface area contributed by atoms with Crippen LogP contribution in [0.25, 0.3) is 0 Å². The highest BCUT2D eigenvalue weighted by Crippen LogP contribution is 2.25. The molecule has 16 heavy (non-hydrogen) atoms. The molecule has 0 aliphatic heterocycles. The van der Waals surface area contributed by atoms with E-state index < -0.39 is 17.6 Å². The highest BCUT2D eigenvalue weighted by molar-refractivity contribution is 5.96. The minimum atomic E-state index is -0.626. The van der Waals surface area contributed by atoms with Gasteiger partial charge in [-0.3, -0.25) is 9.59 Å². The van der Waals surface area contributed by atoms with Gasteiger partial charge in [0.25, 0.3) is 5.91 Å². The Bertz CT molecular complexity index is 431. The Labute approximate surface area is 91.9 Å². The first-order valence-corrected chi connectivity index (χ1v) is 4.47. The van der Waals surface area contributed by atoms with E-state index in [1.165, 1.54) is 19.2 Å². The first kappa shape index (κ1) is 11.8. The van der Waals surface area contributed by atoms with E-state index in [-0.39, 0.29) is 17.9 Å². The fraction of sp³-hybridized carbons (Fsp3) is 0.200. The van der Waals surface area contributed by atoms with Crippen molar-refractivity contribution in [3.63, 3.8) is 0 Å². The fourth-order valence-electron chi connectivity index (χ4n) is 1.18. The molecule has 0 fully saturated rings. The van der Waals surface area contributed by atoms with Crippen molar-refractivity contribution in [3.05, 3.63) is 23.8 Å². The van der Waals surface area contributed by atoms with E-state index in [1.54, 1.807) is 0 Å². The van der Waals surface area contributed by atoms with E-state index in [0.29, 0.717) is 0 Å².